The molecule has 0 bridgehead atoms. The van der Waals surface area contributed by atoms with Crippen LogP contribution in [0.25, 0.3) is 11.0 Å². The molecule has 1 amide bonds. The van der Waals surface area contributed by atoms with E-state index in [9.17, 15) is 4.79 Å². The van der Waals surface area contributed by atoms with Gasteiger partial charge in [-0.2, -0.15) is 0 Å². The first kappa shape index (κ1) is 9.84. The van der Waals surface area contributed by atoms with Gasteiger partial charge in [0.05, 0.1) is 5.39 Å². The number of benzene rings is 1. The van der Waals surface area contributed by atoms with Crippen LogP contribution in [0.2, 0.25) is 0 Å². The van der Waals surface area contributed by atoms with Crippen molar-refractivity contribution in [3.05, 3.63) is 22.7 Å². The van der Waals surface area contributed by atoms with Gasteiger partial charge >= 0.3 is 0 Å². The maximum absolute atomic E-state index is 11.6. The molecular weight excluding hydrogens is 272 g/mol. The van der Waals surface area contributed by atoms with Crippen LogP contribution >= 0.6 is 15.9 Å². The molecule has 1 saturated carbocycles. The number of halogens is 1. The van der Waals surface area contributed by atoms with Gasteiger partial charge in [-0.05, 0) is 31.0 Å². The monoisotopic (exact) mass is 280 g/mol. The lowest BCUT2D eigenvalue weighted by molar-refractivity contribution is -0.117. The number of nitrogens with zero attached hydrogens (tertiary/aromatic N) is 1. The van der Waals surface area contributed by atoms with Crippen LogP contribution < -0.4 is 5.32 Å². The fourth-order valence-corrected chi connectivity index (χ4v) is 1.93. The minimum absolute atomic E-state index is 0.0372. The number of amides is 1. The summed E-state index contributed by atoms with van der Waals surface area (Å²) in [6, 6.07) is 5.58. The predicted octanol–water partition coefficient (Wildman–Crippen LogP) is 2.94. The smallest absolute Gasteiger partial charge is 0.228 e. The lowest BCUT2D eigenvalue weighted by atomic mass is 10.2. The molecule has 1 heterocycles. The van der Waals surface area contributed by atoms with E-state index in [1.807, 2.05) is 18.2 Å². The third-order valence-electron chi connectivity index (χ3n) is 2.62. The summed E-state index contributed by atoms with van der Waals surface area (Å²) in [6.45, 7) is 0. The standard InChI is InChI=1S/C11H9BrN2O2/c12-7-3-4-9-8(5-7)10(14-16-9)13-11(15)6-1-2-6/h3-6H,1-2H2,(H,13,14,15). The number of anilines is 1. The topological polar surface area (TPSA) is 55.1 Å². The van der Waals surface area contributed by atoms with E-state index in [2.05, 4.69) is 26.4 Å². The Morgan fingerprint density at radius 2 is 2.31 bits per heavy atom. The summed E-state index contributed by atoms with van der Waals surface area (Å²) < 4.78 is 6.05. The van der Waals surface area contributed by atoms with Crippen molar-refractivity contribution in [1.29, 1.82) is 0 Å². The van der Waals surface area contributed by atoms with E-state index in [1.165, 1.54) is 0 Å². The first-order valence-corrected chi connectivity index (χ1v) is 5.89. The van der Waals surface area contributed by atoms with Crippen LogP contribution in [-0.2, 0) is 4.79 Å². The summed E-state index contributed by atoms with van der Waals surface area (Å²) in [5.74, 6) is 0.710. The molecule has 1 aliphatic rings. The number of hydrogen-bond acceptors (Lipinski definition) is 3. The van der Waals surface area contributed by atoms with Crippen molar-refractivity contribution in [2.45, 2.75) is 12.8 Å². The molecule has 1 aromatic carbocycles. The second-order valence-corrected chi connectivity index (χ2v) is 4.85. The molecule has 1 N–H and O–H groups in total. The van der Waals surface area contributed by atoms with E-state index in [-0.39, 0.29) is 11.8 Å². The van der Waals surface area contributed by atoms with Crippen LogP contribution in [0.5, 0.6) is 0 Å². The quantitative estimate of drug-likeness (QED) is 0.920. The van der Waals surface area contributed by atoms with Gasteiger partial charge in [-0.15, -0.1) is 0 Å². The Bertz CT molecular complexity index is 560. The Morgan fingerprint density at radius 3 is 3.06 bits per heavy atom. The van der Waals surface area contributed by atoms with E-state index in [1.54, 1.807) is 0 Å². The van der Waals surface area contributed by atoms with E-state index in [0.717, 1.165) is 22.7 Å². The molecule has 0 saturated heterocycles. The second kappa shape index (κ2) is 3.59. The molecule has 1 aromatic heterocycles. The number of hydrogen-bond donors (Lipinski definition) is 1. The summed E-state index contributed by atoms with van der Waals surface area (Å²) in [7, 11) is 0. The third-order valence-corrected chi connectivity index (χ3v) is 3.12. The van der Waals surface area contributed by atoms with Crippen molar-refractivity contribution in [1.82, 2.24) is 5.16 Å². The van der Waals surface area contributed by atoms with E-state index in [4.69, 9.17) is 4.52 Å². The zero-order valence-electron chi connectivity index (χ0n) is 8.37. The molecule has 0 aliphatic heterocycles. The van der Waals surface area contributed by atoms with Crippen LogP contribution in [0.1, 0.15) is 12.8 Å². The van der Waals surface area contributed by atoms with Crippen LogP contribution in [0.3, 0.4) is 0 Å². The van der Waals surface area contributed by atoms with Crippen LogP contribution in [0.4, 0.5) is 5.82 Å². The highest BCUT2D eigenvalue weighted by Crippen LogP contribution is 2.32. The number of aromatic nitrogens is 1. The molecule has 4 nitrogen and oxygen atoms in total. The minimum Gasteiger partial charge on any atom is -0.354 e. The molecule has 1 fully saturated rings. The molecule has 2 aromatic rings. The van der Waals surface area contributed by atoms with Gasteiger partial charge in [-0.1, -0.05) is 21.1 Å². The maximum atomic E-state index is 11.6. The summed E-state index contributed by atoms with van der Waals surface area (Å²) in [6.07, 6.45) is 1.95. The van der Waals surface area contributed by atoms with Gasteiger partial charge in [0.2, 0.25) is 5.91 Å². The van der Waals surface area contributed by atoms with E-state index >= 15 is 0 Å². The van der Waals surface area contributed by atoms with Crippen molar-refractivity contribution < 1.29 is 9.32 Å². The van der Waals surface area contributed by atoms with Crippen molar-refractivity contribution in [3.8, 4) is 0 Å². The zero-order valence-corrected chi connectivity index (χ0v) is 9.95. The molecule has 0 unspecified atom stereocenters. The Balaban J connectivity index is 1.96. The number of rotatable bonds is 2. The third kappa shape index (κ3) is 1.71. The van der Waals surface area contributed by atoms with Crippen molar-refractivity contribution in [2.75, 3.05) is 5.32 Å². The van der Waals surface area contributed by atoms with Crippen LogP contribution in [0.15, 0.2) is 27.2 Å². The predicted molar refractivity (Wildman–Crippen MR) is 63.1 cm³/mol. The highest BCUT2D eigenvalue weighted by molar-refractivity contribution is 9.10. The van der Waals surface area contributed by atoms with E-state index in [0.29, 0.717) is 11.4 Å². The Kier molecular flexibility index (Phi) is 2.21. The van der Waals surface area contributed by atoms with Gasteiger partial charge in [-0.25, -0.2) is 0 Å². The number of nitrogens with one attached hydrogen (secondary N) is 1. The highest BCUT2D eigenvalue weighted by atomic mass is 79.9. The molecule has 16 heavy (non-hydrogen) atoms. The molecule has 0 spiro atoms. The number of carbonyl (C=O) groups is 1. The van der Waals surface area contributed by atoms with Crippen LogP contribution in [0, 0.1) is 5.92 Å². The molecule has 82 valence electrons. The molecule has 0 radical (unpaired) electrons. The van der Waals surface area contributed by atoms with Crippen molar-refractivity contribution in [3.63, 3.8) is 0 Å². The van der Waals surface area contributed by atoms with Crippen molar-refractivity contribution in [2.24, 2.45) is 5.92 Å². The lowest BCUT2D eigenvalue weighted by Gasteiger charge is -1.98. The lowest BCUT2D eigenvalue weighted by Crippen LogP contribution is -2.13. The molecule has 3 rings (SSSR count). The fraction of sp³-hybridized carbons (Fsp3) is 0.273. The summed E-state index contributed by atoms with van der Waals surface area (Å²) >= 11 is 3.38. The maximum Gasteiger partial charge on any atom is 0.228 e. The van der Waals surface area contributed by atoms with E-state index < -0.39 is 0 Å². The summed E-state index contributed by atoms with van der Waals surface area (Å²) in [5, 5.41) is 7.47. The van der Waals surface area contributed by atoms with Gasteiger partial charge < -0.3 is 9.84 Å². The average Bonchev–Trinajstić information content (AvgIpc) is 3.04. The number of carbonyl (C=O) groups excluding carboxylic acids is 1. The van der Waals surface area contributed by atoms with Gasteiger partial charge in [0.25, 0.3) is 0 Å². The molecule has 5 heteroatoms. The number of fused-ring (bicyclic) bond motifs is 1. The highest BCUT2D eigenvalue weighted by Gasteiger charge is 2.30. The van der Waals surface area contributed by atoms with Gasteiger partial charge in [0, 0.05) is 10.4 Å². The van der Waals surface area contributed by atoms with Gasteiger partial charge in [-0.3, -0.25) is 4.79 Å². The second-order valence-electron chi connectivity index (χ2n) is 3.94. The summed E-state index contributed by atoms with van der Waals surface area (Å²) in [4.78, 5) is 11.6. The fourth-order valence-electron chi connectivity index (χ4n) is 1.57. The molecule has 0 atom stereocenters. The minimum atomic E-state index is 0.0372. The largest absolute Gasteiger partial charge is 0.354 e. The first-order chi connectivity index (χ1) is 7.74. The summed E-state index contributed by atoms with van der Waals surface area (Å²) in [5.41, 5.74) is 0.675. The zero-order chi connectivity index (χ0) is 11.1. The van der Waals surface area contributed by atoms with Crippen LogP contribution in [-0.4, -0.2) is 11.1 Å². The molecular formula is C11H9BrN2O2. The Labute approximate surface area is 100 Å². The first-order valence-electron chi connectivity index (χ1n) is 5.10. The molecule has 1 aliphatic carbocycles. The van der Waals surface area contributed by atoms with Gasteiger partial charge in [0.1, 0.15) is 0 Å². The average molecular weight is 281 g/mol. The van der Waals surface area contributed by atoms with Gasteiger partial charge in [0.15, 0.2) is 11.4 Å². The Hall–Kier alpha value is -1.36. The normalized spacial score (nSPS) is 15.3. The van der Waals surface area contributed by atoms with Crippen molar-refractivity contribution >= 4 is 38.6 Å². The Morgan fingerprint density at radius 1 is 1.50 bits per heavy atom. The SMILES string of the molecule is O=C(Nc1noc2ccc(Br)cc12)C1CC1.